The monoisotopic (exact) mass is 688 g/mol. The summed E-state index contributed by atoms with van der Waals surface area (Å²) in [6.07, 6.45) is 4.80. The molecule has 0 unspecified atom stereocenters. The van der Waals surface area contributed by atoms with Gasteiger partial charge in [0.25, 0.3) is 0 Å². The van der Waals surface area contributed by atoms with Crippen LogP contribution in [0.5, 0.6) is 5.75 Å². The summed E-state index contributed by atoms with van der Waals surface area (Å²) in [5, 5.41) is 13.9. The maximum atomic E-state index is 14.1. The van der Waals surface area contributed by atoms with Crippen molar-refractivity contribution < 1.29 is 19.4 Å². The lowest BCUT2D eigenvalue weighted by molar-refractivity contribution is -0.122. The molecule has 3 aliphatic rings. The summed E-state index contributed by atoms with van der Waals surface area (Å²) in [6.45, 7) is 2.58. The molecule has 0 aromatic heterocycles. The molecule has 2 fully saturated rings. The Balaban J connectivity index is 1.11. The Bertz CT molecular complexity index is 1850. The number of phenols is 1. The molecule has 2 heterocycles. The zero-order chi connectivity index (χ0) is 32.5. The Labute approximate surface area is 283 Å². The van der Waals surface area contributed by atoms with E-state index in [-0.39, 0.29) is 35.5 Å². The minimum absolute atomic E-state index is 0.104. The normalized spacial score (nSPS) is 22.4. The number of amides is 2. The van der Waals surface area contributed by atoms with Crippen LogP contribution < -0.4 is 10.2 Å². The summed E-state index contributed by atoms with van der Waals surface area (Å²) in [7, 11) is 0. The van der Waals surface area contributed by atoms with Crippen LogP contribution in [0, 0.1) is 17.8 Å². The summed E-state index contributed by atoms with van der Waals surface area (Å²) in [4.78, 5) is 29.3. The number of phenolic OH excluding ortho intramolecular Hbond substituents is 1. The number of anilines is 3. The molecular formula is C40H37BrN2O4. The van der Waals surface area contributed by atoms with E-state index in [1.807, 2.05) is 91.0 Å². The number of hydrogen-bond donors (Lipinski definition) is 2. The Morgan fingerprint density at radius 3 is 2.34 bits per heavy atom. The number of allylic oxidation sites excluding steroid dienone is 2. The van der Waals surface area contributed by atoms with Crippen molar-refractivity contribution >= 4 is 56.5 Å². The second kappa shape index (κ2) is 13.3. The highest BCUT2D eigenvalue weighted by Crippen LogP contribution is 2.51. The summed E-state index contributed by atoms with van der Waals surface area (Å²) in [6, 6.07) is 33.1. The number of hydrogen-bond acceptors (Lipinski definition) is 5. The number of ether oxygens (including phenoxy) is 1. The molecule has 2 aliphatic heterocycles. The maximum absolute atomic E-state index is 14.1. The molecule has 4 aromatic carbocycles. The predicted molar refractivity (Wildman–Crippen MR) is 190 cm³/mol. The van der Waals surface area contributed by atoms with Crippen LogP contribution in [0.2, 0.25) is 0 Å². The Morgan fingerprint density at radius 2 is 1.62 bits per heavy atom. The van der Waals surface area contributed by atoms with Crippen LogP contribution in [-0.2, 0) is 14.3 Å². The van der Waals surface area contributed by atoms with E-state index in [4.69, 9.17) is 4.74 Å². The Hall–Kier alpha value is -4.46. The molecule has 6 nitrogen and oxygen atoms in total. The van der Waals surface area contributed by atoms with Gasteiger partial charge in [0.05, 0.1) is 30.2 Å². The van der Waals surface area contributed by atoms with Crippen molar-refractivity contribution in [2.24, 2.45) is 17.8 Å². The number of imide groups is 1. The predicted octanol–water partition coefficient (Wildman–Crippen LogP) is 9.15. The molecule has 0 bridgehead atoms. The lowest BCUT2D eigenvalue weighted by Gasteiger charge is -2.31. The van der Waals surface area contributed by atoms with Crippen molar-refractivity contribution in [3.8, 4) is 5.75 Å². The van der Waals surface area contributed by atoms with E-state index in [0.717, 1.165) is 51.8 Å². The third kappa shape index (κ3) is 6.18. The number of benzene rings is 4. The third-order valence-corrected chi connectivity index (χ3v) is 10.3. The number of para-hydroxylation sites is 1. The Kier molecular flexibility index (Phi) is 8.84. The van der Waals surface area contributed by atoms with Crippen LogP contribution >= 0.6 is 15.9 Å². The molecule has 0 radical (unpaired) electrons. The summed E-state index contributed by atoms with van der Waals surface area (Å²) in [5.74, 6) is -0.893. The standard InChI is InChI=1S/C40H37BrN2O4/c1-2-25-23-33-38(40(46)43(39(33)45)32-17-15-31(16-18-32)42-30-11-7-4-8-12-30)34-24-47-36(37(25)34)20-13-27(26-9-5-3-6-10-26)21-28-22-29(41)14-19-35(28)44/h3-12,14-19,21-22,33-34,36,38,42,44H,2,13,20,23-24H2,1H3/b27-21-/t33-,34+,36-,38-/m1/s1. The van der Waals surface area contributed by atoms with Gasteiger partial charge in [0.2, 0.25) is 11.8 Å². The highest BCUT2D eigenvalue weighted by atomic mass is 79.9. The molecule has 4 atom stereocenters. The number of nitrogens with zero attached hydrogens (tertiary/aromatic N) is 1. The van der Waals surface area contributed by atoms with Gasteiger partial charge in [0, 0.05) is 27.3 Å². The van der Waals surface area contributed by atoms with Crippen LogP contribution in [0.25, 0.3) is 11.6 Å². The molecule has 4 aromatic rings. The lowest BCUT2D eigenvalue weighted by Crippen LogP contribution is -2.34. The maximum Gasteiger partial charge on any atom is 0.238 e. The number of halogens is 1. The highest BCUT2D eigenvalue weighted by Gasteiger charge is 2.57. The number of carbonyl (C=O) groups excluding carboxylic acids is 2. The summed E-state index contributed by atoms with van der Waals surface area (Å²) >= 11 is 3.53. The lowest BCUT2D eigenvalue weighted by atomic mass is 9.69. The second-order valence-corrected chi connectivity index (χ2v) is 13.4. The first-order valence-corrected chi connectivity index (χ1v) is 17.1. The topological polar surface area (TPSA) is 78.9 Å². The summed E-state index contributed by atoms with van der Waals surface area (Å²) < 4.78 is 7.38. The van der Waals surface area contributed by atoms with Gasteiger partial charge in [-0.1, -0.05) is 77.0 Å². The third-order valence-electron chi connectivity index (χ3n) is 9.76. The second-order valence-electron chi connectivity index (χ2n) is 12.5. The van der Waals surface area contributed by atoms with Gasteiger partial charge in [-0.05, 0) is 103 Å². The smallest absolute Gasteiger partial charge is 0.238 e. The van der Waals surface area contributed by atoms with E-state index in [9.17, 15) is 14.7 Å². The molecule has 47 heavy (non-hydrogen) atoms. The number of fused-ring (bicyclic) bond motifs is 3. The molecule has 7 rings (SSSR count). The van der Waals surface area contributed by atoms with E-state index in [2.05, 4.69) is 40.3 Å². The molecular weight excluding hydrogens is 652 g/mol. The van der Waals surface area contributed by atoms with Gasteiger partial charge in [-0.25, -0.2) is 0 Å². The van der Waals surface area contributed by atoms with Crippen molar-refractivity contribution in [3.63, 3.8) is 0 Å². The van der Waals surface area contributed by atoms with Crippen LogP contribution in [-0.4, -0.2) is 29.6 Å². The number of aromatic hydroxyl groups is 1. The van der Waals surface area contributed by atoms with Gasteiger partial charge in [-0.2, -0.15) is 0 Å². The fourth-order valence-electron chi connectivity index (χ4n) is 7.52. The molecule has 238 valence electrons. The SMILES string of the molecule is CCC1=C2[C@@H](CC/C(=C/c3cc(Br)ccc3O)c3ccccc3)OC[C@@H]2[C@@H]2C(=O)N(c3ccc(Nc4ccccc4)cc3)C(=O)[C@@H]2C1. The van der Waals surface area contributed by atoms with Crippen molar-refractivity contribution in [2.75, 3.05) is 16.8 Å². The number of nitrogens with one attached hydrogen (secondary N) is 1. The van der Waals surface area contributed by atoms with Gasteiger partial charge in [0.15, 0.2) is 0 Å². The fraction of sp³-hybridized carbons (Fsp3) is 0.250. The molecule has 0 spiro atoms. The van der Waals surface area contributed by atoms with Crippen molar-refractivity contribution in [2.45, 2.75) is 38.7 Å². The average molecular weight is 690 g/mol. The van der Waals surface area contributed by atoms with Gasteiger partial charge < -0.3 is 15.2 Å². The zero-order valence-corrected chi connectivity index (χ0v) is 27.8. The average Bonchev–Trinajstić information content (AvgIpc) is 3.63. The van der Waals surface area contributed by atoms with Crippen LogP contribution in [0.4, 0.5) is 17.1 Å². The van der Waals surface area contributed by atoms with Gasteiger partial charge in [-0.15, -0.1) is 0 Å². The van der Waals surface area contributed by atoms with E-state index < -0.39 is 5.92 Å². The largest absolute Gasteiger partial charge is 0.507 e. The number of rotatable bonds is 9. The van der Waals surface area contributed by atoms with E-state index in [0.29, 0.717) is 18.7 Å². The minimum atomic E-state index is -0.414. The van der Waals surface area contributed by atoms with Crippen molar-refractivity contribution in [3.05, 3.63) is 130 Å². The highest BCUT2D eigenvalue weighted by molar-refractivity contribution is 9.10. The quantitative estimate of drug-likeness (QED) is 0.104. The van der Waals surface area contributed by atoms with Crippen LogP contribution in [0.15, 0.2) is 119 Å². The van der Waals surface area contributed by atoms with E-state index in [1.54, 1.807) is 6.07 Å². The van der Waals surface area contributed by atoms with Gasteiger partial charge >= 0.3 is 0 Å². The molecule has 2 N–H and O–H groups in total. The molecule has 2 saturated heterocycles. The summed E-state index contributed by atoms with van der Waals surface area (Å²) in [5.41, 5.74) is 7.87. The van der Waals surface area contributed by atoms with Gasteiger partial charge in [0.1, 0.15) is 5.75 Å². The van der Waals surface area contributed by atoms with Gasteiger partial charge in [-0.3, -0.25) is 14.5 Å². The fourth-order valence-corrected chi connectivity index (χ4v) is 7.89. The van der Waals surface area contributed by atoms with Crippen LogP contribution in [0.3, 0.4) is 0 Å². The molecule has 2 amide bonds. The van der Waals surface area contributed by atoms with Crippen LogP contribution in [0.1, 0.15) is 43.7 Å². The van der Waals surface area contributed by atoms with Crippen molar-refractivity contribution in [1.82, 2.24) is 0 Å². The van der Waals surface area contributed by atoms with E-state index in [1.165, 1.54) is 16.0 Å². The first-order valence-electron chi connectivity index (χ1n) is 16.3. The minimum Gasteiger partial charge on any atom is -0.507 e. The zero-order valence-electron chi connectivity index (χ0n) is 26.2. The first kappa shape index (κ1) is 31.2. The van der Waals surface area contributed by atoms with Crippen molar-refractivity contribution in [1.29, 1.82) is 0 Å². The molecule has 7 heteroatoms. The molecule has 1 aliphatic carbocycles. The van der Waals surface area contributed by atoms with E-state index >= 15 is 0 Å². The number of carbonyl (C=O) groups is 2. The Morgan fingerprint density at radius 1 is 0.915 bits per heavy atom. The first-order chi connectivity index (χ1) is 22.9. The molecule has 0 saturated carbocycles.